The summed E-state index contributed by atoms with van der Waals surface area (Å²) in [4.78, 5) is 7.82. The Morgan fingerprint density at radius 3 is 2.05 bits per heavy atom. The molecule has 0 fully saturated rings. The molecule has 0 unspecified atom stereocenters. The van der Waals surface area contributed by atoms with Crippen LogP contribution in [0.25, 0.3) is 11.4 Å². The van der Waals surface area contributed by atoms with Crippen LogP contribution in [0.5, 0.6) is 5.75 Å². The van der Waals surface area contributed by atoms with E-state index in [0.29, 0.717) is 10.6 Å². The number of hydrogen-bond acceptors (Lipinski definition) is 5. The molecule has 1 aromatic carbocycles. The van der Waals surface area contributed by atoms with E-state index >= 15 is 0 Å². The highest BCUT2D eigenvalue weighted by molar-refractivity contribution is 7.88. The van der Waals surface area contributed by atoms with Crippen molar-refractivity contribution in [2.75, 3.05) is 0 Å². The third-order valence-corrected chi connectivity index (χ3v) is 3.40. The molecule has 1 heterocycles. The summed E-state index contributed by atoms with van der Waals surface area (Å²) >= 11 is 5.62. The quantitative estimate of drug-likeness (QED) is 0.635. The van der Waals surface area contributed by atoms with Gasteiger partial charge in [-0.1, -0.05) is 11.6 Å². The summed E-state index contributed by atoms with van der Waals surface area (Å²) in [6, 6.07) is 4.78. The number of hydrogen-bond donors (Lipinski definition) is 0. The molecule has 0 aliphatic carbocycles. The Kier molecular flexibility index (Phi) is 4.06. The van der Waals surface area contributed by atoms with Crippen LogP contribution in [0.4, 0.5) is 13.2 Å². The first-order valence-corrected chi connectivity index (χ1v) is 7.06. The molecule has 5 nitrogen and oxygen atoms in total. The molecule has 10 heteroatoms. The summed E-state index contributed by atoms with van der Waals surface area (Å²) in [5, 5.41) is 0.329. The van der Waals surface area contributed by atoms with Crippen LogP contribution in [-0.2, 0) is 10.1 Å². The minimum absolute atomic E-state index is 0.282. The Balaban J connectivity index is 2.22. The van der Waals surface area contributed by atoms with Crippen molar-refractivity contribution in [2.45, 2.75) is 5.51 Å². The smallest absolute Gasteiger partial charge is 0.376 e. The summed E-state index contributed by atoms with van der Waals surface area (Å²) in [7, 11) is -5.68. The van der Waals surface area contributed by atoms with Gasteiger partial charge in [0.25, 0.3) is 0 Å². The SMILES string of the molecule is O=S(=O)(Oc1ccc(-c2ncc(Cl)cn2)cc1)C(F)(F)F. The van der Waals surface area contributed by atoms with Gasteiger partial charge in [0.1, 0.15) is 5.75 Å². The molecule has 2 rings (SSSR count). The molecule has 0 saturated carbocycles. The minimum atomic E-state index is -5.68. The largest absolute Gasteiger partial charge is 0.534 e. The van der Waals surface area contributed by atoms with E-state index in [9.17, 15) is 21.6 Å². The molecule has 1 aromatic heterocycles. The van der Waals surface area contributed by atoms with Crippen molar-refractivity contribution in [3.63, 3.8) is 0 Å². The third-order valence-electron chi connectivity index (χ3n) is 2.22. The molecule has 21 heavy (non-hydrogen) atoms. The third kappa shape index (κ3) is 3.61. The first-order chi connectivity index (χ1) is 9.69. The van der Waals surface area contributed by atoms with Crippen molar-refractivity contribution in [3.05, 3.63) is 41.7 Å². The zero-order chi connectivity index (χ0) is 15.7. The summed E-state index contributed by atoms with van der Waals surface area (Å²) in [6.45, 7) is 0. The Hall–Kier alpha value is -1.87. The second-order valence-corrected chi connectivity index (χ2v) is 5.71. The maximum absolute atomic E-state index is 12.2. The maximum Gasteiger partial charge on any atom is 0.534 e. The monoisotopic (exact) mass is 338 g/mol. The molecule has 0 atom stereocenters. The Labute approximate surface area is 122 Å². The lowest BCUT2D eigenvalue weighted by atomic mass is 10.2. The fourth-order valence-electron chi connectivity index (χ4n) is 1.29. The van der Waals surface area contributed by atoms with E-state index in [1.165, 1.54) is 24.5 Å². The molecule has 0 bridgehead atoms. The van der Waals surface area contributed by atoms with E-state index in [4.69, 9.17) is 11.6 Å². The molecular formula is C11H6ClF3N2O3S. The highest BCUT2D eigenvalue weighted by Gasteiger charge is 2.48. The molecule has 0 radical (unpaired) electrons. The van der Waals surface area contributed by atoms with Crippen LogP contribution in [0.1, 0.15) is 0 Å². The van der Waals surface area contributed by atoms with E-state index in [0.717, 1.165) is 12.1 Å². The summed E-state index contributed by atoms with van der Waals surface area (Å²) < 4.78 is 62.1. The van der Waals surface area contributed by atoms with E-state index in [2.05, 4.69) is 14.2 Å². The van der Waals surface area contributed by atoms with Gasteiger partial charge in [0.15, 0.2) is 5.82 Å². The Morgan fingerprint density at radius 1 is 1.05 bits per heavy atom. The molecule has 0 aliphatic rings. The number of alkyl halides is 3. The van der Waals surface area contributed by atoms with Gasteiger partial charge in [0.2, 0.25) is 0 Å². The molecule has 112 valence electrons. The van der Waals surface area contributed by atoms with E-state index < -0.39 is 21.4 Å². The van der Waals surface area contributed by atoms with Gasteiger partial charge in [-0.2, -0.15) is 21.6 Å². The van der Waals surface area contributed by atoms with Crippen molar-refractivity contribution in [2.24, 2.45) is 0 Å². The average Bonchev–Trinajstić information content (AvgIpc) is 2.39. The standard InChI is InChI=1S/C11H6ClF3N2O3S/c12-8-5-16-10(17-6-8)7-1-3-9(4-2-7)20-21(18,19)11(13,14)15/h1-6H. The topological polar surface area (TPSA) is 69.2 Å². The lowest BCUT2D eigenvalue weighted by molar-refractivity contribution is -0.0500. The van der Waals surface area contributed by atoms with E-state index in [1.807, 2.05) is 0 Å². The van der Waals surface area contributed by atoms with Gasteiger partial charge in [-0.05, 0) is 24.3 Å². The number of benzene rings is 1. The number of halogens is 4. The Bertz CT molecular complexity index is 731. The van der Waals surface area contributed by atoms with Gasteiger partial charge in [0, 0.05) is 18.0 Å². The molecule has 0 saturated heterocycles. The van der Waals surface area contributed by atoms with Gasteiger partial charge >= 0.3 is 15.6 Å². The number of nitrogens with zero attached hydrogens (tertiary/aromatic N) is 2. The summed E-state index contributed by atoms with van der Waals surface area (Å²) in [6.07, 6.45) is 2.70. The van der Waals surface area contributed by atoms with Crippen molar-refractivity contribution in [3.8, 4) is 17.1 Å². The molecule has 0 N–H and O–H groups in total. The highest BCUT2D eigenvalue weighted by Crippen LogP contribution is 2.28. The lowest BCUT2D eigenvalue weighted by Crippen LogP contribution is -2.28. The molecule has 0 aliphatic heterocycles. The van der Waals surface area contributed by atoms with Crippen LogP contribution < -0.4 is 4.18 Å². The summed E-state index contributed by atoms with van der Waals surface area (Å²) in [5.41, 5.74) is -5.02. The van der Waals surface area contributed by atoms with Gasteiger partial charge < -0.3 is 4.18 Å². The van der Waals surface area contributed by atoms with Crippen LogP contribution in [0.15, 0.2) is 36.7 Å². The second kappa shape index (κ2) is 5.49. The second-order valence-electron chi connectivity index (χ2n) is 3.73. The van der Waals surface area contributed by atoms with Gasteiger partial charge in [-0.15, -0.1) is 0 Å². The molecular weight excluding hydrogens is 333 g/mol. The fraction of sp³-hybridized carbons (Fsp3) is 0.0909. The zero-order valence-electron chi connectivity index (χ0n) is 10.0. The fourth-order valence-corrected chi connectivity index (χ4v) is 1.85. The van der Waals surface area contributed by atoms with Crippen molar-refractivity contribution in [1.29, 1.82) is 0 Å². The lowest BCUT2D eigenvalue weighted by Gasteiger charge is -2.09. The van der Waals surface area contributed by atoms with Crippen LogP contribution in [0.3, 0.4) is 0 Å². The highest BCUT2D eigenvalue weighted by atomic mass is 35.5. The molecule has 0 amide bonds. The number of aromatic nitrogens is 2. The van der Waals surface area contributed by atoms with Gasteiger partial charge in [-0.25, -0.2) is 9.97 Å². The molecule has 0 spiro atoms. The molecule has 2 aromatic rings. The van der Waals surface area contributed by atoms with Crippen LogP contribution in [0.2, 0.25) is 5.02 Å². The van der Waals surface area contributed by atoms with E-state index in [-0.39, 0.29) is 5.82 Å². The maximum atomic E-state index is 12.2. The van der Waals surface area contributed by atoms with Gasteiger partial charge in [0.05, 0.1) is 5.02 Å². The van der Waals surface area contributed by atoms with Crippen LogP contribution in [0, 0.1) is 0 Å². The van der Waals surface area contributed by atoms with Crippen LogP contribution in [-0.4, -0.2) is 23.9 Å². The summed E-state index contributed by atoms with van der Waals surface area (Å²) in [5.74, 6) is -0.185. The first-order valence-electron chi connectivity index (χ1n) is 5.28. The van der Waals surface area contributed by atoms with Crippen molar-refractivity contribution in [1.82, 2.24) is 9.97 Å². The van der Waals surface area contributed by atoms with Crippen molar-refractivity contribution >= 4 is 21.7 Å². The van der Waals surface area contributed by atoms with Crippen molar-refractivity contribution < 1.29 is 25.8 Å². The minimum Gasteiger partial charge on any atom is -0.376 e. The first kappa shape index (κ1) is 15.5. The Morgan fingerprint density at radius 2 is 1.57 bits per heavy atom. The number of rotatable bonds is 3. The van der Waals surface area contributed by atoms with E-state index in [1.54, 1.807) is 0 Å². The predicted molar refractivity (Wildman–Crippen MR) is 68.1 cm³/mol. The normalized spacial score (nSPS) is 12.2. The van der Waals surface area contributed by atoms with Crippen LogP contribution >= 0.6 is 11.6 Å². The zero-order valence-corrected chi connectivity index (χ0v) is 11.6. The average molecular weight is 339 g/mol. The predicted octanol–water partition coefficient (Wildman–Crippen LogP) is 3.03. The van der Waals surface area contributed by atoms with Gasteiger partial charge in [-0.3, -0.25) is 0 Å².